The van der Waals surface area contributed by atoms with Gasteiger partial charge in [-0.2, -0.15) is 0 Å². The van der Waals surface area contributed by atoms with Crippen molar-refractivity contribution in [3.8, 4) is 11.1 Å². The zero-order valence-electron chi connectivity index (χ0n) is 15.2. The van der Waals surface area contributed by atoms with Crippen molar-refractivity contribution in [2.75, 3.05) is 5.32 Å². The number of fused-ring (bicyclic) bond motifs is 3. The van der Waals surface area contributed by atoms with E-state index in [4.69, 9.17) is 4.98 Å². The van der Waals surface area contributed by atoms with Crippen LogP contribution in [0.5, 0.6) is 0 Å². The van der Waals surface area contributed by atoms with E-state index in [1.165, 1.54) is 33.2 Å². The Morgan fingerprint density at radius 3 is 2.19 bits per heavy atom. The van der Waals surface area contributed by atoms with Crippen LogP contribution in [0.4, 0.5) is 5.69 Å². The molecule has 1 N–H and O–H groups in total. The molecule has 4 aromatic rings. The zero-order chi connectivity index (χ0) is 18.2. The monoisotopic (exact) mass is 348 g/mol. The van der Waals surface area contributed by atoms with Gasteiger partial charge in [-0.05, 0) is 35.3 Å². The second kappa shape index (κ2) is 6.40. The number of benzene rings is 3. The van der Waals surface area contributed by atoms with E-state index in [-0.39, 0.29) is 6.04 Å². The van der Waals surface area contributed by atoms with Crippen LogP contribution in [0.2, 0.25) is 0 Å². The summed E-state index contributed by atoms with van der Waals surface area (Å²) in [6.07, 6.45) is 4.21. The first-order chi connectivity index (χ1) is 13.3. The summed E-state index contributed by atoms with van der Waals surface area (Å²) < 4.78 is 0. The summed E-state index contributed by atoms with van der Waals surface area (Å²) in [5.41, 5.74) is 8.31. The maximum Gasteiger partial charge on any atom is 0.0945 e. The smallest absolute Gasteiger partial charge is 0.0945 e. The van der Waals surface area contributed by atoms with E-state index < -0.39 is 0 Å². The fraction of sp³-hybridized carbons (Fsp3) is 0.0800. The van der Waals surface area contributed by atoms with Gasteiger partial charge in [0.25, 0.3) is 0 Å². The second-order valence-electron chi connectivity index (χ2n) is 6.99. The summed E-state index contributed by atoms with van der Waals surface area (Å²) in [6, 6.07) is 27.9. The molecule has 2 heterocycles. The van der Waals surface area contributed by atoms with Gasteiger partial charge >= 0.3 is 0 Å². The topological polar surface area (TPSA) is 24.9 Å². The molecule has 0 bridgehead atoms. The van der Waals surface area contributed by atoms with E-state index in [0.29, 0.717) is 0 Å². The normalized spacial score (nSPS) is 15.7. The lowest BCUT2D eigenvalue weighted by molar-refractivity contribution is 0.988. The van der Waals surface area contributed by atoms with Crippen molar-refractivity contribution in [1.82, 2.24) is 4.98 Å². The maximum absolute atomic E-state index is 4.75. The van der Waals surface area contributed by atoms with E-state index in [9.17, 15) is 0 Å². The maximum atomic E-state index is 4.75. The molecule has 0 radical (unpaired) electrons. The average Bonchev–Trinajstić information content (AvgIpc) is 2.74. The minimum atomic E-state index is 0.250. The van der Waals surface area contributed by atoms with Crippen molar-refractivity contribution in [2.24, 2.45) is 0 Å². The summed E-state index contributed by atoms with van der Waals surface area (Å²) in [6.45, 7) is 2.19. The van der Waals surface area contributed by atoms with Gasteiger partial charge < -0.3 is 5.32 Å². The largest absolute Gasteiger partial charge is 0.377 e. The molecule has 0 saturated heterocycles. The fourth-order valence-corrected chi connectivity index (χ4v) is 3.94. The summed E-state index contributed by atoms with van der Waals surface area (Å²) in [7, 11) is 0. The summed E-state index contributed by atoms with van der Waals surface area (Å²) in [5.74, 6) is 0. The second-order valence-corrected chi connectivity index (χ2v) is 6.99. The van der Waals surface area contributed by atoms with Gasteiger partial charge in [0.15, 0.2) is 0 Å². The average molecular weight is 348 g/mol. The van der Waals surface area contributed by atoms with E-state index in [1.54, 1.807) is 0 Å². The minimum Gasteiger partial charge on any atom is -0.377 e. The van der Waals surface area contributed by atoms with Gasteiger partial charge in [0.1, 0.15) is 0 Å². The lowest BCUT2D eigenvalue weighted by Crippen LogP contribution is -2.19. The molecule has 5 rings (SSSR count). The van der Waals surface area contributed by atoms with Gasteiger partial charge in [-0.15, -0.1) is 0 Å². The molecule has 2 nitrogen and oxygen atoms in total. The van der Waals surface area contributed by atoms with Gasteiger partial charge in [-0.25, -0.2) is 0 Å². The molecular weight excluding hydrogens is 328 g/mol. The van der Waals surface area contributed by atoms with Crippen LogP contribution >= 0.6 is 0 Å². The number of nitrogens with zero attached hydrogens (tertiary/aromatic N) is 1. The van der Waals surface area contributed by atoms with E-state index in [0.717, 1.165) is 11.2 Å². The van der Waals surface area contributed by atoms with Crippen molar-refractivity contribution in [3.05, 3.63) is 102 Å². The van der Waals surface area contributed by atoms with Gasteiger partial charge in [-0.3, -0.25) is 4.98 Å². The first-order valence-corrected chi connectivity index (χ1v) is 9.32. The predicted molar refractivity (Wildman–Crippen MR) is 114 cm³/mol. The first-order valence-electron chi connectivity index (χ1n) is 9.32. The Balaban J connectivity index is 1.75. The minimum absolute atomic E-state index is 0.250. The summed E-state index contributed by atoms with van der Waals surface area (Å²) in [4.78, 5) is 4.75. The quantitative estimate of drug-likeness (QED) is 0.470. The van der Waals surface area contributed by atoms with Gasteiger partial charge in [-0.1, -0.05) is 78.9 Å². The third kappa shape index (κ3) is 2.70. The Morgan fingerprint density at radius 2 is 1.44 bits per heavy atom. The molecule has 1 aliphatic rings. The molecule has 130 valence electrons. The van der Waals surface area contributed by atoms with Crippen LogP contribution in [0.25, 0.3) is 27.6 Å². The van der Waals surface area contributed by atoms with Crippen LogP contribution in [-0.4, -0.2) is 11.0 Å². The lowest BCUT2D eigenvalue weighted by Gasteiger charge is -2.26. The van der Waals surface area contributed by atoms with Crippen LogP contribution in [0.1, 0.15) is 18.1 Å². The van der Waals surface area contributed by atoms with Gasteiger partial charge in [0.05, 0.1) is 11.2 Å². The lowest BCUT2D eigenvalue weighted by atomic mass is 9.89. The van der Waals surface area contributed by atoms with Crippen LogP contribution < -0.4 is 5.32 Å². The molecule has 1 aliphatic heterocycles. The number of aromatic nitrogens is 1. The molecule has 27 heavy (non-hydrogen) atoms. The number of anilines is 1. The summed E-state index contributed by atoms with van der Waals surface area (Å²) >= 11 is 0. The molecule has 1 atom stereocenters. The van der Waals surface area contributed by atoms with Crippen LogP contribution in [-0.2, 0) is 0 Å². The van der Waals surface area contributed by atoms with Crippen molar-refractivity contribution >= 4 is 22.2 Å². The third-order valence-corrected chi connectivity index (χ3v) is 5.16. The highest BCUT2D eigenvalue weighted by Gasteiger charge is 2.21. The van der Waals surface area contributed by atoms with Gasteiger partial charge in [0.2, 0.25) is 0 Å². The Hall–Kier alpha value is -3.39. The Morgan fingerprint density at radius 1 is 0.741 bits per heavy atom. The third-order valence-electron chi connectivity index (χ3n) is 5.16. The summed E-state index contributed by atoms with van der Waals surface area (Å²) in [5, 5.41) is 4.82. The Bertz CT molecular complexity index is 1150. The fourth-order valence-electron chi connectivity index (χ4n) is 3.94. The molecule has 0 fully saturated rings. The molecule has 0 aliphatic carbocycles. The molecule has 0 saturated carbocycles. The highest BCUT2D eigenvalue weighted by atomic mass is 14.9. The van der Waals surface area contributed by atoms with Crippen molar-refractivity contribution < 1.29 is 0 Å². The van der Waals surface area contributed by atoms with Crippen LogP contribution in [0, 0.1) is 0 Å². The van der Waals surface area contributed by atoms with E-state index in [1.807, 2.05) is 6.20 Å². The number of rotatable bonds is 2. The van der Waals surface area contributed by atoms with Crippen molar-refractivity contribution in [3.63, 3.8) is 0 Å². The number of pyridine rings is 1. The van der Waals surface area contributed by atoms with E-state index >= 15 is 0 Å². The molecule has 0 amide bonds. The van der Waals surface area contributed by atoms with E-state index in [2.05, 4.69) is 97.2 Å². The standard InChI is InChI=1S/C25H20N2/c1-17-16-23(19-10-6-3-7-11-19)22-13-12-21-20(18-8-4-2-5-9-18)14-15-26-24(21)25(22)27-17/h2-17,27H,1H3. The zero-order valence-corrected chi connectivity index (χ0v) is 15.2. The number of nitrogens with one attached hydrogen (secondary N) is 1. The number of hydrogen-bond acceptors (Lipinski definition) is 2. The molecule has 2 heteroatoms. The Kier molecular flexibility index (Phi) is 3.75. The van der Waals surface area contributed by atoms with Gasteiger partial charge in [0, 0.05) is 23.2 Å². The molecule has 1 unspecified atom stereocenters. The highest BCUT2D eigenvalue weighted by Crippen LogP contribution is 2.40. The Labute approximate surface area is 159 Å². The first kappa shape index (κ1) is 15.8. The van der Waals surface area contributed by atoms with Crippen LogP contribution in [0.15, 0.2) is 91.1 Å². The van der Waals surface area contributed by atoms with Crippen molar-refractivity contribution in [2.45, 2.75) is 13.0 Å². The molecular formula is C25H20N2. The van der Waals surface area contributed by atoms with Crippen LogP contribution in [0.3, 0.4) is 0 Å². The molecule has 1 aromatic heterocycles. The highest BCUT2D eigenvalue weighted by molar-refractivity contribution is 6.06. The number of hydrogen-bond donors (Lipinski definition) is 1. The van der Waals surface area contributed by atoms with Crippen molar-refractivity contribution in [1.29, 1.82) is 0 Å². The predicted octanol–water partition coefficient (Wildman–Crippen LogP) is 6.15. The SMILES string of the molecule is CC1C=C(c2ccccc2)c2ccc3c(-c4ccccc4)ccnc3c2N1. The molecule has 0 spiro atoms. The molecule has 3 aromatic carbocycles.